The van der Waals surface area contributed by atoms with Gasteiger partial charge in [-0.2, -0.15) is 0 Å². The van der Waals surface area contributed by atoms with Crippen LogP contribution in [0.25, 0.3) is 0 Å². The van der Waals surface area contributed by atoms with E-state index in [1.54, 1.807) is 42.5 Å². The summed E-state index contributed by atoms with van der Waals surface area (Å²) in [5.41, 5.74) is 0.246. The maximum absolute atomic E-state index is 12.0. The number of nitrogens with zero attached hydrogens (tertiary/aromatic N) is 1. The van der Waals surface area contributed by atoms with Crippen molar-refractivity contribution < 1.29 is 9.53 Å². The van der Waals surface area contributed by atoms with Gasteiger partial charge in [0.25, 0.3) is 0 Å². The number of ether oxygens (including phenoxy) is 1. The molecule has 1 N–H and O–H groups in total. The first-order chi connectivity index (χ1) is 9.54. The van der Waals surface area contributed by atoms with Crippen LogP contribution in [0.3, 0.4) is 0 Å². The lowest BCUT2D eigenvalue weighted by Crippen LogP contribution is -2.15. The van der Waals surface area contributed by atoms with Gasteiger partial charge in [0.1, 0.15) is 11.6 Å². The molecule has 0 amide bonds. The van der Waals surface area contributed by atoms with Gasteiger partial charge in [0.05, 0.1) is 0 Å². The third-order valence-electron chi connectivity index (χ3n) is 2.40. The van der Waals surface area contributed by atoms with Crippen LogP contribution in [-0.2, 0) is 0 Å². The van der Waals surface area contributed by atoms with Crippen molar-refractivity contribution in [3.05, 3.63) is 53.2 Å². The summed E-state index contributed by atoms with van der Waals surface area (Å²) < 4.78 is 5.23. The average molecular weight is 291 g/mol. The van der Waals surface area contributed by atoms with Crippen molar-refractivity contribution in [1.29, 1.82) is 0 Å². The molecule has 104 valence electrons. The Morgan fingerprint density at radius 3 is 2.70 bits per heavy atom. The normalized spacial score (nSPS) is 10.4. The van der Waals surface area contributed by atoms with E-state index in [0.717, 1.165) is 0 Å². The fourth-order valence-corrected chi connectivity index (χ4v) is 1.79. The van der Waals surface area contributed by atoms with E-state index in [9.17, 15) is 4.79 Å². The molecule has 1 heterocycles. The summed E-state index contributed by atoms with van der Waals surface area (Å²) in [5.74, 6) is 0.520. The van der Waals surface area contributed by atoms with Crippen molar-refractivity contribution >= 4 is 23.4 Å². The molecule has 20 heavy (non-hydrogen) atoms. The largest absolute Gasteiger partial charge is 0.422 e. The van der Waals surface area contributed by atoms with Crippen LogP contribution in [0.5, 0.6) is 5.75 Å². The second-order valence-electron chi connectivity index (χ2n) is 4.55. The number of hydrogen-bond donors (Lipinski definition) is 1. The zero-order valence-corrected chi connectivity index (χ0v) is 12.0. The Morgan fingerprint density at radius 2 is 2.00 bits per heavy atom. The van der Waals surface area contributed by atoms with E-state index in [1.807, 2.05) is 13.8 Å². The molecule has 0 bridgehead atoms. The van der Waals surface area contributed by atoms with Crippen LogP contribution in [0.2, 0.25) is 5.02 Å². The Kier molecular flexibility index (Phi) is 4.58. The summed E-state index contributed by atoms with van der Waals surface area (Å²) >= 11 is 5.84. The number of pyridine rings is 1. The second-order valence-corrected chi connectivity index (χ2v) is 4.99. The summed E-state index contributed by atoms with van der Waals surface area (Å²) in [6, 6.07) is 12.1. The minimum absolute atomic E-state index is 0.238. The molecule has 1 aromatic carbocycles. The van der Waals surface area contributed by atoms with Gasteiger partial charge < -0.3 is 10.1 Å². The first kappa shape index (κ1) is 14.3. The maximum atomic E-state index is 12.0. The van der Waals surface area contributed by atoms with Crippen molar-refractivity contribution in [2.45, 2.75) is 19.9 Å². The fraction of sp³-hybridized carbons (Fsp3) is 0.200. The molecule has 0 aliphatic heterocycles. The monoisotopic (exact) mass is 290 g/mol. The van der Waals surface area contributed by atoms with Gasteiger partial charge in [0, 0.05) is 11.1 Å². The number of aromatic nitrogens is 1. The van der Waals surface area contributed by atoms with E-state index in [-0.39, 0.29) is 11.7 Å². The lowest BCUT2D eigenvalue weighted by atomic mass is 10.3. The number of nitrogens with one attached hydrogen (secondary N) is 1. The van der Waals surface area contributed by atoms with Crippen LogP contribution in [0.15, 0.2) is 42.5 Å². The third-order valence-corrected chi connectivity index (χ3v) is 2.64. The molecule has 0 atom stereocenters. The standard InChI is InChI=1S/C15H15ClN2O2/c1-10(2)17-14-8-4-7-13(18-14)15(19)20-12-6-3-5-11(16)9-12/h3-10H,1-2H3,(H,17,18). The number of carbonyl (C=O) groups is 1. The molecular formula is C15H15ClN2O2. The Balaban J connectivity index is 2.13. The molecule has 4 nitrogen and oxygen atoms in total. The summed E-state index contributed by atoms with van der Waals surface area (Å²) in [6.07, 6.45) is 0. The van der Waals surface area contributed by atoms with Crippen LogP contribution < -0.4 is 10.1 Å². The van der Waals surface area contributed by atoms with E-state index in [0.29, 0.717) is 16.6 Å². The summed E-state index contributed by atoms with van der Waals surface area (Å²) in [5, 5.41) is 3.65. The number of rotatable bonds is 4. The molecular weight excluding hydrogens is 276 g/mol. The molecule has 2 aromatic rings. The zero-order chi connectivity index (χ0) is 14.5. The van der Waals surface area contributed by atoms with Gasteiger partial charge in [0.15, 0.2) is 5.69 Å². The van der Waals surface area contributed by atoms with Gasteiger partial charge in [-0.25, -0.2) is 9.78 Å². The topological polar surface area (TPSA) is 51.2 Å². The maximum Gasteiger partial charge on any atom is 0.362 e. The molecule has 0 spiro atoms. The number of esters is 1. The Morgan fingerprint density at radius 1 is 1.25 bits per heavy atom. The van der Waals surface area contributed by atoms with E-state index >= 15 is 0 Å². The van der Waals surface area contributed by atoms with Crippen molar-refractivity contribution in [3.63, 3.8) is 0 Å². The summed E-state index contributed by atoms with van der Waals surface area (Å²) in [7, 11) is 0. The van der Waals surface area contributed by atoms with Gasteiger partial charge in [-0.05, 0) is 44.2 Å². The number of benzene rings is 1. The SMILES string of the molecule is CC(C)Nc1cccc(C(=O)Oc2cccc(Cl)c2)n1. The molecule has 0 fully saturated rings. The molecule has 0 saturated heterocycles. The lowest BCUT2D eigenvalue weighted by Gasteiger charge is -2.10. The van der Waals surface area contributed by atoms with E-state index in [2.05, 4.69) is 10.3 Å². The third kappa shape index (κ3) is 3.96. The van der Waals surface area contributed by atoms with E-state index < -0.39 is 5.97 Å². The fourth-order valence-electron chi connectivity index (χ4n) is 1.61. The van der Waals surface area contributed by atoms with Gasteiger partial charge in [-0.15, -0.1) is 0 Å². The minimum Gasteiger partial charge on any atom is -0.422 e. The van der Waals surface area contributed by atoms with Crippen LogP contribution in [-0.4, -0.2) is 17.0 Å². The van der Waals surface area contributed by atoms with Crippen molar-refractivity contribution in [1.82, 2.24) is 4.98 Å². The van der Waals surface area contributed by atoms with Gasteiger partial charge in [0.2, 0.25) is 0 Å². The van der Waals surface area contributed by atoms with Crippen LogP contribution in [0.4, 0.5) is 5.82 Å². The number of hydrogen-bond acceptors (Lipinski definition) is 4. The van der Waals surface area contributed by atoms with Gasteiger partial charge in [-0.1, -0.05) is 23.7 Å². The Bertz CT molecular complexity index is 614. The van der Waals surface area contributed by atoms with Crippen molar-refractivity contribution in [2.75, 3.05) is 5.32 Å². The van der Waals surface area contributed by atoms with Gasteiger partial charge >= 0.3 is 5.97 Å². The molecule has 2 rings (SSSR count). The van der Waals surface area contributed by atoms with Gasteiger partial charge in [-0.3, -0.25) is 0 Å². The molecule has 0 saturated carbocycles. The lowest BCUT2D eigenvalue weighted by molar-refractivity contribution is 0.0729. The van der Waals surface area contributed by atoms with Crippen LogP contribution in [0.1, 0.15) is 24.3 Å². The first-order valence-corrected chi connectivity index (χ1v) is 6.64. The van der Waals surface area contributed by atoms with Crippen LogP contribution in [0, 0.1) is 0 Å². The Labute approximate surface area is 122 Å². The average Bonchev–Trinajstić information content (AvgIpc) is 2.38. The number of halogens is 1. The molecule has 1 aromatic heterocycles. The highest BCUT2D eigenvalue weighted by atomic mass is 35.5. The summed E-state index contributed by atoms with van der Waals surface area (Å²) in [6.45, 7) is 4.00. The minimum atomic E-state index is -0.514. The first-order valence-electron chi connectivity index (χ1n) is 6.26. The highest BCUT2D eigenvalue weighted by Crippen LogP contribution is 2.18. The highest BCUT2D eigenvalue weighted by molar-refractivity contribution is 6.30. The molecule has 0 aliphatic rings. The van der Waals surface area contributed by atoms with Crippen molar-refractivity contribution in [3.8, 4) is 5.75 Å². The molecule has 0 radical (unpaired) electrons. The molecule has 0 unspecified atom stereocenters. The van der Waals surface area contributed by atoms with Crippen LogP contribution >= 0.6 is 11.6 Å². The smallest absolute Gasteiger partial charge is 0.362 e. The second kappa shape index (κ2) is 6.39. The Hall–Kier alpha value is -2.07. The van der Waals surface area contributed by atoms with E-state index in [1.165, 1.54) is 0 Å². The molecule has 5 heteroatoms. The van der Waals surface area contributed by atoms with Crippen molar-refractivity contribution in [2.24, 2.45) is 0 Å². The summed E-state index contributed by atoms with van der Waals surface area (Å²) in [4.78, 5) is 16.2. The predicted molar refractivity (Wildman–Crippen MR) is 79.4 cm³/mol. The highest BCUT2D eigenvalue weighted by Gasteiger charge is 2.11. The number of carbonyl (C=O) groups excluding carboxylic acids is 1. The predicted octanol–water partition coefficient (Wildman–Crippen LogP) is 3.77. The zero-order valence-electron chi connectivity index (χ0n) is 11.3. The number of anilines is 1. The quantitative estimate of drug-likeness (QED) is 0.688. The van der Waals surface area contributed by atoms with E-state index in [4.69, 9.17) is 16.3 Å². The molecule has 0 aliphatic carbocycles.